The Labute approximate surface area is 135 Å². The summed E-state index contributed by atoms with van der Waals surface area (Å²) in [6.07, 6.45) is 0. The van der Waals surface area contributed by atoms with Crippen LogP contribution in [0.5, 0.6) is 17.4 Å². The number of nitrogens with one attached hydrogen (secondary N) is 1. The lowest BCUT2D eigenvalue weighted by Crippen LogP contribution is -2.29. The molecule has 2 aromatic heterocycles. The molecule has 0 fully saturated rings. The summed E-state index contributed by atoms with van der Waals surface area (Å²) in [6, 6.07) is 4.89. The monoisotopic (exact) mass is 330 g/mol. The number of ether oxygens (including phenoxy) is 2. The number of hydrogen-bond donors (Lipinski definition) is 2. The summed E-state index contributed by atoms with van der Waals surface area (Å²) in [5.74, 6) is 0.538. The van der Waals surface area contributed by atoms with Crippen LogP contribution in [0.4, 0.5) is 0 Å². The van der Waals surface area contributed by atoms with Gasteiger partial charge in [0.15, 0.2) is 22.7 Å². The van der Waals surface area contributed by atoms with Crippen LogP contribution >= 0.6 is 0 Å². The van der Waals surface area contributed by atoms with Gasteiger partial charge in [0, 0.05) is 12.6 Å². The smallest absolute Gasteiger partial charge is 0.329 e. The molecule has 0 bridgehead atoms. The molecule has 0 aliphatic carbocycles. The van der Waals surface area contributed by atoms with Crippen molar-refractivity contribution in [3.05, 3.63) is 39.0 Å². The van der Waals surface area contributed by atoms with E-state index in [2.05, 4.69) is 15.0 Å². The van der Waals surface area contributed by atoms with E-state index < -0.39 is 17.1 Å². The van der Waals surface area contributed by atoms with Gasteiger partial charge in [-0.3, -0.25) is 14.3 Å². The van der Waals surface area contributed by atoms with Crippen molar-refractivity contribution >= 4 is 11.2 Å². The van der Waals surface area contributed by atoms with Gasteiger partial charge >= 0.3 is 5.69 Å². The summed E-state index contributed by atoms with van der Waals surface area (Å²) in [4.78, 5) is 33.8. The van der Waals surface area contributed by atoms with Gasteiger partial charge in [-0.2, -0.15) is 4.98 Å². The zero-order valence-corrected chi connectivity index (χ0v) is 13.2. The van der Waals surface area contributed by atoms with Crippen molar-refractivity contribution in [1.82, 2.24) is 19.5 Å². The second-order valence-corrected chi connectivity index (χ2v) is 4.96. The maximum absolute atomic E-state index is 12.0. The Hall–Kier alpha value is -3.36. The van der Waals surface area contributed by atoms with E-state index in [-0.39, 0.29) is 16.9 Å². The van der Waals surface area contributed by atoms with Gasteiger partial charge in [-0.15, -0.1) is 0 Å². The predicted molar refractivity (Wildman–Crippen MR) is 85.6 cm³/mol. The van der Waals surface area contributed by atoms with Crippen LogP contribution in [0.25, 0.3) is 22.4 Å². The summed E-state index contributed by atoms with van der Waals surface area (Å²) in [5, 5.41) is 10.2. The Morgan fingerprint density at radius 1 is 1.12 bits per heavy atom. The van der Waals surface area contributed by atoms with E-state index in [0.717, 1.165) is 4.57 Å². The van der Waals surface area contributed by atoms with Crippen molar-refractivity contribution in [2.45, 2.75) is 0 Å². The van der Waals surface area contributed by atoms with Gasteiger partial charge < -0.3 is 14.6 Å². The van der Waals surface area contributed by atoms with Crippen molar-refractivity contribution < 1.29 is 14.6 Å². The van der Waals surface area contributed by atoms with Gasteiger partial charge in [0.2, 0.25) is 5.88 Å². The number of benzene rings is 1. The molecule has 3 aromatic rings. The van der Waals surface area contributed by atoms with Crippen molar-refractivity contribution in [1.29, 1.82) is 0 Å². The Morgan fingerprint density at radius 2 is 1.83 bits per heavy atom. The molecule has 0 saturated carbocycles. The molecule has 0 spiro atoms. The average Bonchev–Trinajstić information content (AvgIpc) is 2.58. The molecule has 2 N–H and O–H groups in total. The van der Waals surface area contributed by atoms with E-state index in [9.17, 15) is 14.7 Å². The highest BCUT2D eigenvalue weighted by atomic mass is 16.5. The number of hydrogen-bond acceptors (Lipinski definition) is 7. The normalized spacial score (nSPS) is 10.8. The molecule has 0 unspecified atom stereocenters. The third-order valence-corrected chi connectivity index (χ3v) is 3.57. The van der Waals surface area contributed by atoms with E-state index in [1.54, 1.807) is 18.2 Å². The predicted octanol–water partition coefficient (Wildman–Crippen LogP) is 0.407. The van der Waals surface area contributed by atoms with Crippen LogP contribution in [-0.2, 0) is 7.05 Å². The van der Waals surface area contributed by atoms with Crippen LogP contribution in [0.3, 0.4) is 0 Å². The number of aryl methyl sites for hydroxylation is 1. The number of aromatic hydroxyl groups is 1. The van der Waals surface area contributed by atoms with Crippen molar-refractivity contribution in [3.8, 4) is 28.6 Å². The number of nitrogens with zero attached hydrogens (tertiary/aromatic N) is 3. The fourth-order valence-electron chi connectivity index (χ4n) is 2.32. The molecule has 9 nitrogen and oxygen atoms in total. The number of fused-ring (bicyclic) bond motifs is 1. The van der Waals surface area contributed by atoms with Crippen LogP contribution < -0.4 is 20.7 Å². The lowest BCUT2D eigenvalue weighted by atomic mass is 10.1. The zero-order valence-electron chi connectivity index (χ0n) is 13.2. The summed E-state index contributed by atoms with van der Waals surface area (Å²) in [5.41, 5.74) is -0.812. The van der Waals surface area contributed by atoms with Gasteiger partial charge in [-0.05, 0) is 18.2 Å². The Kier molecular flexibility index (Phi) is 3.68. The number of aromatic amines is 1. The van der Waals surface area contributed by atoms with Crippen LogP contribution in [0.2, 0.25) is 0 Å². The molecule has 0 atom stereocenters. The quantitative estimate of drug-likeness (QED) is 0.713. The van der Waals surface area contributed by atoms with Gasteiger partial charge in [0.1, 0.15) is 5.69 Å². The minimum Gasteiger partial charge on any atom is -0.493 e. The fourth-order valence-corrected chi connectivity index (χ4v) is 2.32. The molecule has 24 heavy (non-hydrogen) atoms. The second kappa shape index (κ2) is 5.69. The van der Waals surface area contributed by atoms with E-state index in [1.165, 1.54) is 21.3 Å². The maximum atomic E-state index is 12.0. The van der Waals surface area contributed by atoms with E-state index in [4.69, 9.17) is 9.47 Å². The molecular formula is C15H14N4O5. The third-order valence-electron chi connectivity index (χ3n) is 3.57. The maximum Gasteiger partial charge on any atom is 0.329 e. The molecule has 2 heterocycles. The molecule has 1 aromatic carbocycles. The molecule has 0 amide bonds. The molecule has 0 aliphatic heterocycles. The minimum absolute atomic E-state index is 0.00882. The summed E-state index contributed by atoms with van der Waals surface area (Å²) >= 11 is 0. The summed E-state index contributed by atoms with van der Waals surface area (Å²) < 4.78 is 11.5. The largest absolute Gasteiger partial charge is 0.493 e. The van der Waals surface area contributed by atoms with Crippen LogP contribution in [0.15, 0.2) is 27.8 Å². The van der Waals surface area contributed by atoms with Crippen molar-refractivity contribution in [2.75, 3.05) is 14.2 Å². The van der Waals surface area contributed by atoms with Gasteiger partial charge in [0.05, 0.1) is 14.2 Å². The molecular weight excluding hydrogens is 316 g/mol. The van der Waals surface area contributed by atoms with Crippen molar-refractivity contribution in [3.63, 3.8) is 0 Å². The zero-order chi connectivity index (χ0) is 17.4. The van der Waals surface area contributed by atoms with Crippen LogP contribution in [0.1, 0.15) is 0 Å². The van der Waals surface area contributed by atoms with Gasteiger partial charge in [-0.25, -0.2) is 9.78 Å². The topological polar surface area (TPSA) is 119 Å². The van der Waals surface area contributed by atoms with Crippen LogP contribution in [-0.4, -0.2) is 38.8 Å². The summed E-state index contributed by atoms with van der Waals surface area (Å²) in [6.45, 7) is 0. The Balaban J connectivity index is 2.30. The molecule has 0 saturated heterocycles. The fraction of sp³-hybridized carbons (Fsp3) is 0.200. The van der Waals surface area contributed by atoms with Gasteiger partial charge in [0.25, 0.3) is 5.56 Å². The second-order valence-electron chi connectivity index (χ2n) is 4.96. The lowest BCUT2D eigenvalue weighted by Gasteiger charge is -2.10. The van der Waals surface area contributed by atoms with Crippen LogP contribution in [0, 0.1) is 0 Å². The number of rotatable bonds is 3. The first-order chi connectivity index (χ1) is 11.5. The highest BCUT2D eigenvalue weighted by Crippen LogP contribution is 2.34. The molecule has 9 heteroatoms. The lowest BCUT2D eigenvalue weighted by molar-refractivity contribution is 0.355. The van der Waals surface area contributed by atoms with E-state index >= 15 is 0 Å². The highest BCUT2D eigenvalue weighted by molar-refractivity contribution is 5.77. The van der Waals surface area contributed by atoms with Crippen molar-refractivity contribution in [2.24, 2.45) is 7.05 Å². The first-order valence-corrected chi connectivity index (χ1v) is 6.88. The standard InChI is InChI=1S/C15H14N4O5/c1-19-12-11(14(21)18-15(19)22)16-10(13(20)17-12)7-4-5-8(23-2)9(6-7)24-3/h4-6H,1-3H3,(H,17,20)(H,18,21,22). The average molecular weight is 330 g/mol. The third kappa shape index (κ3) is 2.35. The Bertz CT molecular complexity index is 1050. The number of methoxy groups -OCH3 is 2. The first kappa shape index (κ1) is 15.5. The molecule has 3 rings (SSSR count). The summed E-state index contributed by atoms with van der Waals surface area (Å²) in [7, 11) is 4.41. The van der Waals surface area contributed by atoms with Gasteiger partial charge in [-0.1, -0.05) is 0 Å². The first-order valence-electron chi connectivity index (χ1n) is 6.88. The van der Waals surface area contributed by atoms with E-state index in [1.807, 2.05) is 0 Å². The minimum atomic E-state index is -0.678. The number of H-pyrrole nitrogens is 1. The number of aromatic nitrogens is 4. The SMILES string of the molecule is COc1ccc(-c2nc3c(=O)[nH]c(=O)n(C)c3nc2O)cc1OC. The molecule has 0 radical (unpaired) electrons. The molecule has 0 aliphatic rings. The van der Waals surface area contributed by atoms with E-state index in [0.29, 0.717) is 17.1 Å². The highest BCUT2D eigenvalue weighted by Gasteiger charge is 2.16. The molecule has 124 valence electrons. The Morgan fingerprint density at radius 3 is 2.50 bits per heavy atom.